The van der Waals surface area contributed by atoms with Gasteiger partial charge in [-0.3, -0.25) is 4.90 Å². The van der Waals surface area contributed by atoms with Gasteiger partial charge in [-0.05, 0) is 80.1 Å². The molecule has 0 spiro atoms. The second kappa shape index (κ2) is 12.7. The second-order valence-electron chi connectivity index (χ2n) is 9.51. The number of anilines is 3. The number of piperazine rings is 1. The Morgan fingerprint density at radius 2 is 1.66 bits per heavy atom. The monoisotopic (exact) mass is 507 g/mol. The van der Waals surface area contributed by atoms with Crippen LogP contribution in [0.5, 0.6) is 11.5 Å². The summed E-state index contributed by atoms with van der Waals surface area (Å²) >= 11 is 0. The Bertz CT molecular complexity index is 1340. The van der Waals surface area contributed by atoms with Gasteiger partial charge in [-0.1, -0.05) is 0 Å². The van der Waals surface area contributed by atoms with Crippen LogP contribution in [0.4, 0.5) is 17.3 Å². The van der Waals surface area contributed by atoms with Crippen LogP contribution in [0.2, 0.25) is 0 Å². The van der Waals surface area contributed by atoms with Crippen molar-refractivity contribution in [3.05, 3.63) is 76.9 Å². The number of hydrogen-bond donors (Lipinski definition) is 2. The van der Waals surface area contributed by atoms with E-state index in [1.165, 1.54) is 6.08 Å². The molecular weight excluding hydrogens is 474 g/mol. The molecule has 1 saturated heterocycles. The fourth-order valence-corrected chi connectivity index (χ4v) is 4.40. The highest BCUT2D eigenvalue weighted by Gasteiger charge is 2.14. The smallest absolute Gasteiger partial charge is 0.136 e. The number of likely N-dealkylation sites (N-methyl/N-ethyl adjacent to an activating group) is 1. The summed E-state index contributed by atoms with van der Waals surface area (Å²) in [5.74, 6) is 2.79. The van der Waals surface area contributed by atoms with Crippen molar-refractivity contribution in [3.63, 3.8) is 0 Å². The van der Waals surface area contributed by atoms with Gasteiger partial charge >= 0.3 is 0 Å². The zero-order chi connectivity index (χ0) is 26.9. The Hall–Kier alpha value is -4.37. The van der Waals surface area contributed by atoms with Crippen molar-refractivity contribution in [2.45, 2.75) is 13.8 Å². The molecule has 1 aliphatic rings. The van der Waals surface area contributed by atoms with E-state index in [-0.39, 0.29) is 0 Å². The minimum atomic E-state index is 0.603. The molecule has 2 aromatic carbocycles. The average molecular weight is 508 g/mol. The first-order valence-electron chi connectivity index (χ1n) is 12.7. The first kappa shape index (κ1) is 26.7. The topological polar surface area (TPSA) is 100 Å². The van der Waals surface area contributed by atoms with Crippen molar-refractivity contribution < 1.29 is 4.74 Å². The number of benzene rings is 2. The van der Waals surface area contributed by atoms with Gasteiger partial charge in [0.05, 0.1) is 17.7 Å². The lowest BCUT2D eigenvalue weighted by Crippen LogP contribution is -2.45. The Kier molecular flexibility index (Phi) is 8.94. The average Bonchev–Trinajstić information content (AvgIpc) is 2.91. The number of rotatable bonds is 9. The van der Waals surface area contributed by atoms with E-state index in [0.29, 0.717) is 17.1 Å². The van der Waals surface area contributed by atoms with Gasteiger partial charge in [-0.15, -0.1) is 0 Å². The highest BCUT2D eigenvalue weighted by Crippen LogP contribution is 2.33. The van der Waals surface area contributed by atoms with Crippen molar-refractivity contribution >= 4 is 23.4 Å². The first-order chi connectivity index (χ1) is 18.4. The van der Waals surface area contributed by atoms with Crippen LogP contribution in [0.15, 0.2) is 54.6 Å². The van der Waals surface area contributed by atoms with Gasteiger partial charge in [0, 0.05) is 63.2 Å². The molecule has 3 aromatic rings. The van der Waals surface area contributed by atoms with E-state index in [0.717, 1.165) is 73.2 Å². The second-order valence-corrected chi connectivity index (χ2v) is 9.51. The summed E-state index contributed by atoms with van der Waals surface area (Å²) < 4.78 is 6.39. The maximum atomic E-state index is 9.09. The minimum absolute atomic E-state index is 0.603. The van der Waals surface area contributed by atoms with Gasteiger partial charge in [0.1, 0.15) is 23.1 Å². The van der Waals surface area contributed by atoms with E-state index in [4.69, 9.17) is 20.2 Å². The summed E-state index contributed by atoms with van der Waals surface area (Å²) in [5, 5.41) is 24.7. The lowest BCUT2D eigenvalue weighted by atomic mass is 10.1. The number of nitrogens with one attached hydrogen (secondary N) is 2. The summed E-state index contributed by atoms with van der Waals surface area (Å²) in [6.45, 7) is 10.0. The molecule has 4 rings (SSSR count). The zero-order valence-electron chi connectivity index (χ0n) is 22.2. The Labute approximate surface area is 224 Å². The van der Waals surface area contributed by atoms with Crippen LogP contribution in [-0.4, -0.2) is 61.1 Å². The number of ether oxygens (including phenoxy) is 1. The first-order valence-corrected chi connectivity index (χ1v) is 12.7. The van der Waals surface area contributed by atoms with Gasteiger partial charge < -0.3 is 20.3 Å². The predicted molar refractivity (Wildman–Crippen MR) is 152 cm³/mol. The quantitative estimate of drug-likeness (QED) is 0.376. The van der Waals surface area contributed by atoms with Crippen molar-refractivity contribution in [1.82, 2.24) is 14.8 Å². The Morgan fingerprint density at radius 1 is 0.974 bits per heavy atom. The molecule has 8 heteroatoms. The molecule has 8 nitrogen and oxygen atoms in total. The van der Waals surface area contributed by atoms with Gasteiger partial charge in [0.15, 0.2) is 0 Å². The SMILES string of the molecule is Cc1cc(/C=C/C#N)cc(C)c1Oc1cc(NCCN2CCN(C)CC2)nc(Nc2ccc(C#N)cc2)c1. The van der Waals surface area contributed by atoms with Gasteiger partial charge in [0.25, 0.3) is 0 Å². The number of allylic oxidation sites excluding steroid dienone is 1. The van der Waals surface area contributed by atoms with E-state index in [9.17, 15) is 0 Å². The fourth-order valence-electron chi connectivity index (χ4n) is 4.40. The largest absolute Gasteiger partial charge is 0.457 e. The molecule has 0 unspecified atom stereocenters. The maximum absolute atomic E-state index is 9.09. The normalized spacial score (nSPS) is 14.1. The lowest BCUT2D eigenvalue weighted by Gasteiger charge is -2.32. The summed E-state index contributed by atoms with van der Waals surface area (Å²) in [5.41, 5.74) is 4.35. The van der Waals surface area contributed by atoms with Crippen molar-refractivity contribution in [1.29, 1.82) is 10.5 Å². The van der Waals surface area contributed by atoms with Crippen LogP contribution in [0.3, 0.4) is 0 Å². The van der Waals surface area contributed by atoms with E-state index >= 15 is 0 Å². The van der Waals surface area contributed by atoms with Crippen molar-refractivity contribution in [2.75, 3.05) is 56.9 Å². The van der Waals surface area contributed by atoms with Gasteiger partial charge in [-0.2, -0.15) is 10.5 Å². The van der Waals surface area contributed by atoms with E-state index < -0.39 is 0 Å². The minimum Gasteiger partial charge on any atom is -0.457 e. The molecule has 1 fully saturated rings. The van der Waals surface area contributed by atoms with Crippen LogP contribution < -0.4 is 15.4 Å². The van der Waals surface area contributed by atoms with Crippen LogP contribution in [-0.2, 0) is 0 Å². The molecule has 0 saturated carbocycles. The fraction of sp³-hybridized carbons (Fsp3) is 0.300. The molecule has 38 heavy (non-hydrogen) atoms. The third kappa shape index (κ3) is 7.33. The lowest BCUT2D eigenvalue weighted by molar-refractivity contribution is 0.158. The molecule has 1 aliphatic heterocycles. The molecule has 2 N–H and O–H groups in total. The van der Waals surface area contributed by atoms with E-state index in [2.05, 4.69) is 33.6 Å². The highest BCUT2D eigenvalue weighted by molar-refractivity contribution is 5.63. The van der Waals surface area contributed by atoms with E-state index in [1.54, 1.807) is 18.2 Å². The summed E-state index contributed by atoms with van der Waals surface area (Å²) in [4.78, 5) is 9.57. The summed E-state index contributed by atoms with van der Waals surface area (Å²) in [6, 6.07) is 19.2. The Balaban J connectivity index is 1.55. The number of pyridine rings is 1. The third-order valence-electron chi connectivity index (χ3n) is 6.47. The molecular formula is C30H33N7O. The number of aryl methyl sites for hydroxylation is 2. The summed E-state index contributed by atoms with van der Waals surface area (Å²) in [7, 11) is 2.16. The molecule has 0 atom stereocenters. The predicted octanol–water partition coefficient (Wildman–Crippen LogP) is 5.30. The van der Waals surface area contributed by atoms with Gasteiger partial charge in [-0.25, -0.2) is 4.98 Å². The zero-order valence-corrected chi connectivity index (χ0v) is 22.2. The molecule has 194 valence electrons. The molecule has 1 aromatic heterocycles. The third-order valence-corrected chi connectivity index (χ3v) is 6.47. The number of nitriles is 2. The molecule has 0 amide bonds. The number of hydrogen-bond acceptors (Lipinski definition) is 8. The van der Waals surface area contributed by atoms with Gasteiger partial charge in [0.2, 0.25) is 0 Å². The highest BCUT2D eigenvalue weighted by atomic mass is 16.5. The maximum Gasteiger partial charge on any atom is 0.136 e. The van der Waals surface area contributed by atoms with Crippen molar-refractivity contribution in [2.24, 2.45) is 0 Å². The van der Waals surface area contributed by atoms with Crippen LogP contribution in [0.1, 0.15) is 22.3 Å². The molecule has 0 radical (unpaired) electrons. The number of nitrogens with zero attached hydrogens (tertiary/aromatic N) is 5. The van der Waals surface area contributed by atoms with Crippen molar-refractivity contribution in [3.8, 4) is 23.6 Å². The van der Waals surface area contributed by atoms with E-state index in [1.807, 2.05) is 56.3 Å². The number of aromatic nitrogens is 1. The molecule has 2 heterocycles. The summed E-state index contributed by atoms with van der Waals surface area (Å²) in [6.07, 6.45) is 3.26. The standard InChI is InChI=1S/C30H33N7O/c1-22-17-25(5-4-10-31)18-23(2)30(22)38-27-19-28(33-11-12-37-15-13-36(3)14-16-37)35-29(20-27)34-26-8-6-24(21-32)7-9-26/h4-9,17-20H,11-16H2,1-3H3,(H2,33,34,35)/b5-4+. The molecule has 0 bridgehead atoms. The van der Waals surface area contributed by atoms with Crippen LogP contribution in [0.25, 0.3) is 6.08 Å². The Morgan fingerprint density at radius 3 is 2.32 bits per heavy atom. The molecule has 0 aliphatic carbocycles. The van der Waals surface area contributed by atoms with Crippen LogP contribution >= 0.6 is 0 Å². The van der Waals surface area contributed by atoms with Crippen LogP contribution in [0, 0.1) is 36.5 Å².